The Morgan fingerprint density at radius 3 is 2.69 bits per heavy atom. The Labute approximate surface area is 107 Å². The lowest BCUT2D eigenvalue weighted by Gasteiger charge is -2.37. The van der Waals surface area contributed by atoms with Crippen LogP contribution in [0, 0.1) is 0 Å². The lowest BCUT2D eigenvalue weighted by atomic mass is 10.1. The molecule has 4 heteroatoms. The maximum atomic E-state index is 12.0. The first-order valence-corrected chi connectivity index (χ1v) is 7.18. The van der Waals surface area contributed by atoms with E-state index in [9.17, 15) is 4.79 Å². The number of carbonyl (C=O) groups is 1. The molecule has 2 atom stereocenters. The van der Waals surface area contributed by atoms with Gasteiger partial charge in [0.25, 0.3) is 0 Å². The summed E-state index contributed by atoms with van der Waals surface area (Å²) in [4.78, 5) is 16.4. The lowest BCUT2D eigenvalue weighted by Crippen LogP contribution is -2.50. The quantitative estimate of drug-likeness (QED) is 0.724. The number of rotatable bonds is 5. The number of likely N-dealkylation sites (N-methyl/N-ethyl adjacent to an activating group) is 1. The fourth-order valence-electron chi connectivity index (χ4n) is 2.25. The van der Waals surface area contributed by atoms with Crippen LogP contribution in [0.4, 0.5) is 0 Å². The van der Waals surface area contributed by atoms with Crippen LogP contribution in [-0.4, -0.2) is 52.8 Å². The van der Waals surface area contributed by atoms with Crippen molar-refractivity contribution in [3.05, 3.63) is 0 Å². The largest absolute Gasteiger partial charge is 0.338 e. The number of amides is 1. The maximum absolute atomic E-state index is 12.0. The van der Waals surface area contributed by atoms with Crippen molar-refractivity contribution in [3.8, 4) is 0 Å². The van der Waals surface area contributed by atoms with E-state index in [4.69, 9.17) is 0 Å². The molecule has 0 aromatic carbocycles. The molecule has 1 aliphatic heterocycles. The molecule has 0 N–H and O–H groups in total. The van der Waals surface area contributed by atoms with Gasteiger partial charge in [-0.25, -0.2) is 0 Å². The summed E-state index contributed by atoms with van der Waals surface area (Å²) in [5, 5.41) is 0. The number of hydrogen-bond donors (Lipinski definition) is 0. The molecule has 1 heterocycles. The minimum absolute atomic E-state index is 0.0420. The second-order valence-electron chi connectivity index (χ2n) is 4.48. The predicted molar refractivity (Wildman–Crippen MR) is 70.9 cm³/mol. The molecule has 0 spiro atoms. The van der Waals surface area contributed by atoms with E-state index in [1.54, 1.807) is 0 Å². The summed E-state index contributed by atoms with van der Waals surface area (Å²) in [5.74, 6) is 0.269. The number of likely N-dealkylation sites (tertiary alicyclic amines) is 1. The molecule has 16 heavy (non-hydrogen) atoms. The van der Waals surface area contributed by atoms with Gasteiger partial charge in [0.2, 0.25) is 5.91 Å². The molecule has 2 unspecified atom stereocenters. The fourth-order valence-corrected chi connectivity index (χ4v) is 2.83. The Bertz CT molecular complexity index is 231. The molecular formula is C12H23BrN2O. The Morgan fingerprint density at radius 2 is 2.12 bits per heavy atom. The molecule has 1 rings (SSSR count). The van der Waals surface area contributed by atoms with Gasteiger partial charge in [-0.05, 0) is 32.9 Å². The summed E-state index contributed by atoms with van der Waals surface area (Å²) in [6.07, 6.45) is 2.09. The molecule has 1 saturated heterocycles. The first-order chi connectivity index (χ1) is 7.60. The van der Waals surface area contributed by atoms with Crippen molar-refractivity contribution in [3.63, 3.8) is 0 Å². The second kappa shape index (κ2) is 6.60. The van der Waals surface area contributed by atoms with Crippen molar-refractivity contribution >= 4 is 21.8 Å². The summed E-state index contributed by atoms with van der Waals surface area (Å²) < 4.78 is 0. The lowest BCUT2D eigenvalue weighted by molar-refractivity contribution is -0.134. The van der Waals surface area contributed by atoms with Gasteiger partial charge < -0.3 is 9.80 Å². The van der Waals surface area contributed by atoms with E-state index in [2.05, 4.69) is 41.6 Å². The van der Waals surface area contributed by atoms with E-state index in [1.807, 2.05) is 4.90 Å². The topological polar surface area (TPSA) is 23.6 Å². The zero-order valence-corrected chi connectivity index (χ0v) is 12.2. The van der Waals surface area contributed by atoms with Crippen LogP contribution >= 0.6 is 15.9 Å². The van der Waals surface area contributed by atoms with Crippen LogP contribution < -0.4 is 0 Å². The van der Waals surface area contributed by atoms with Gasteiger partial charge in [0, 0.05) is 19.1 Å². The van der Waals surface area contributed by atoms with E-state index < -0.39 is 0 Å². The van der Waals surface area contributed by atoms with Gasteiger partial charge in [-0.1, -0.05) is 29.8 Å². The van der Waals surface area contributed by atoms with Crippen molar-refractivity contribution in [1.82, 2.24) is 9.80 Å². The van der Waals surface area contributed by atoms with Gasteiger partial charge in [-0.2, -0.15) is 0 Å². The Balaban J connectivity index is 2.51. The van der Waals surface area contributed by atoms with Gasteiger partial charge in [0.05, 0.1) is 4.83 Å². The smallest absolute Gasteiger partial charge is 0.236 e. The SMILES string of the molecule is CCN(CC)CC(C)N1CCCC(Br)C1=O. The van der Waals surface area contributed by atoms with Gasteiger partial charge in [-0.15, -0.1) is 0 Å². The van der Waals surface area contributed by atoms with Gasteiger partial charge in [0.1, 0.15) is 0 Å². The van der Waals surface area contributed by atoms with Gasteiger partial charge >= 0.3 is 0 Å². The molecule has 0 saturated carbocycles. The Kier molecular flexibility index (Phi) is 5.76. The first kappa shape index (κ1) is 14.0. The summed E-state index contributed by atoms with van der Waals surface area (Å²) in [6, 6.07) is 0.327. The van der Waals surface area contributed by atoms with Crippen molar-refractivity contribution in [2.75, 3.05) is 26.2 Å². The van der Waals surface area contributed by atoms with Crippen LogP contribution in [0.1, 0.15) is 33.6 Å². The van der Waals surface area contributed by atoms with Crippen molar-refractivity contribution in [2.45, 2.75) is 44.5 Å². The van der Waals surface area contributed by atoms with Crippen molar-refractivity contribution in [1.29, 1.82) is 0 Å². The molecule has 0 radical (unpaired) electrons. The molecule has 3 nitrogen and oxygen atoms in total. The maximum Gasteiger partial charge on any atom is 0.236 e. The van der Waals surface area contributed by atoms with E-state index in [0.717, 1.165) is 39.0 Å². The summed E-state index contributed by atoms with van der Waals surface area (Å²) >= 11 is 3.46. The second-order valence-corrected chi connectivity index (χ2v) is 5.58. The predicted octanol–water partition coefficient (Wildman–Crippen LogP) is 2.10. The van der Waals surface area contributed by atoms with E-state index in [1.165, 1.54) is 0 Å². The highest BCUT2D eigenvalue weighted by atomic mass is 79.9. The van der Waals surface area contributed by atoms with Crippen LogP contribution in [-0.2, 0) is 4.79 Å². The molecule has 1 fully saturated rings. The van der Waals surface area contributed by atoms with Crippen LogP contribution in [0.15, 0.2) is 0 Å². The van der Waals surface area contributed by atoms with Crippen molar-refractivity contribution < 1.29 is 4.79 Å². The van der Waals surface area contributed by atoms with Crippen LogP contribution in [0.2, 0.25) is 0 Å². The normalized spacial score (nSPS) is 23.9. The highest BCUT2D eigenvalue weighted by Crippen LogP contribution is 2.20. The van der Waals surface area contributed by atoms with Gasteiger partial charge in [-0.3, -0.25) is 4.79 Å². The fraction of sp³-hybridized carbons (Fsp3) is 0.917. The third-order valence-corrected chi connectivity index (χ3v) is 4.21. The number of alkyl halides is 1. The summed E-state index contributed by atoms with van der Waals surface area (Å²) in [5.41, 5.74) is 0. The Hall–Kier alpha value is -0.0900. The Morgan fingerprint density at radius 1 is 1.50 bits per heavy atom. The number of hydrogen-bond acceptors (Lipinski definition) is 2. The van der Waals surface area contributed by atoms with Crippen LogP contribution in [0.25, 0.3) is 0 Å². The van der Waals surface area contributed by atoms with E-state index >= 15 is 0 Å². The minimum Gasteiger partial charge on any atom is -0.338 e. The van der Waals surface area contributed by atoms with E-state index in [0.29, 0.717) is 6.04 Å². The van der Waals surface area contributed by atoms with Crippen LogP contribution in [0.3, 0.4) is 0 Å². The van der Waals surface area contributed by atoms with Crippen LogP contribution in [0.5, 0.6) is 0 Å². The third kappa shape index (κ3) is 3.45. The number of piperidine rings is 1. The zero-order chi connectivity index (χ0) is 12.1. The third-order valence-electron chi connectivity index (χ3n) is 3.36. The number of carbonyl (C=O) groups excluding carboxylic acids is 1. The minimum atomic E-state index is 0.0420. The average molecular weight is 291 g/mol. The molecule has 94 valence electrons. The summed E-state index contributed by atoms with van der Waals surface area (Å²) in [7, 11) is 0. The monoisotopic (exact) mass is 290 g/mol. The first-order valence-electron chi connectivity index (χ1n) is 6.27. The molecule has 0 bridgehead atoms. The molecule has 0 aromatic rings. The molecule has 1 aliphatic rings. The van der Waals surface area contributed by atoms with Crippen molar-refractivity contribution in [2.24, 2.45) is 0 Å². The molecule has 1 amide bonds. The molecule has 0 aromatic heterocycles. The molecular weight excluding hydrogens is 268 g/mol. The van der Waals surface area contributed by atoms with E-state index in [-0.39, 0.29) is 10.7 Å². The zero-order valence-electron chi connectivity index (χ0n) is 10.6. The number of nitrogens with zero attached hydrogens (tertiary/aromatic N) is 2. The molecule has 0 aliphatic carbocycles. The number of halogens is 1. The summed E-state index contributed by atoms with van der Waals surface area (Å²) in [6.45, 7) is 10.5. The highest BCUT2D eigenvalue weighted by molar-refractivity contribution is 9.10. The standard InChI is InChI=1S/C12H23BrN2O/c1-4-14(5-2)9-10(3)15-8-6-7-11(13)12(15)16/h10-11H,4-9H2,1-3H3. The highest BCUT2D eigenvalue weighted by Gasteiger charge is 2.29. The van der Waals surface area contributed by atoms with Gasteiger partial charge in [0.15, 0.2) is 0 Å². The average Bonchev–Trinajstić information content (AvgIpc) is 2.29.